The van der Waals surface area contributed by atoms with Crippen molar-refractivity contribution in [3.63, 3.8) is 0 Å². The maximum Gasteiger partial charge on any atom is 0.261 e. The van der Waals surface area contributed by atoms with Gasteiger partial charge in [0.25, 0.3) is 5.91 Å². The van der Waals surface area contributed by atoms with E-state index in [0.29, 0.717) is 6.54 Å². The largest absolute Gasteiger partial charge is 0.350 e. The summed E-state index contributed by atoms with van der Waals surface area (Å²) in [4.78, 5) is 22.1. The highest BCUT2D eigenvalue weighted by Gasteiger charge is 2.21. The predicted octanol–water partition coefficient (Wildman–Crippen LogP) is 3.32. The average molecular weight is 363 g/mol. The van der Waals surface area contributed by atoms with Crippen molar-refractivity contribution in [2.75, 3.05) is 26.2 Å². The van der Waals surface area contributed by atoms with Gasteiger partial charge in [-0.15, -0.1) is 22.7 Å². The van der Waals surface area contributed by atoms with Crippen LogP contribution in [0.25, 0.3) is 15.3 Å². The number of thiophene rings is 1. The van der Waals surface area contributed by atoms with E-state index in [0.717, 1.165) is 51.7 Å². The van der Waals surface area contributed by atoms with E-state index in [1.807, 2.05) is 22.0 Å². The molecule has 2 atom stereocenters. The number of hydrogen-bond acceptors (Lipinski definition) is 5. The zero-order valence-electron chi connectivity index (χ0n) is 14.0. The second-order valence-electron chi connectivity index (χ2n) is 6.93. The second-order valence-corrected chi connectivity index (χ2v) is 8.83. The van der Waals surface area contributed by atoms with E-state index in [-0.39, 0.29) is 5.91 Å². The fourth-order valence-corrected chi connectivity index (χ4v) is 5.47. The quantitative estimate of drug-likeness (QED) is 0.775. The van der Waals surface area contributed by atoms with E-state index >= 15 is 0 Å². The van der Waals surface area contributed by atoms with Crippen molar-refractivity contribution in [1.29, 1.82) is 0 Å². The number of amides is 1. The van der Waals surface area contributed by atoms with Crippen molar-refractivity contribution in [3.8, 4) is 0 Å². The number of aromatic nitrogens is 2. The minimum absolute atomic E-state index is 0.0140. The van der Waals surface area contributed by atoms with E-state index in [1.165, 1.54) is 17.8 Å². The molecule has 7 heteroatoms. The number of imidazole rings is 1. The van der Waals surface area contributed by atoms with Crippen molar-refractivity contribution >= 4 is 43.9 Å². The Hall–Kier alpha value is -1.44. The summed E-state index contributed by atoms with van der Waals surface area (Å²) >= 11 is 3.09. The van der Waals surface area contributed by atoms with Crippen LogP contribution >= 0.6 is 22.7 Å². The number of fused-ring (bicyclic) bond motifs is 3. The van der Waals surface area contributed by atoms with Gasteiger partial charge in [-0.3, -0.25) is 9.20 Å². The molecule has 4 rings (SSSR count). The Labute approximate surface area is 149 Å². The molecule has 3 aromatic rings. The summed E-state index contributed by atoms with van der Waals surface area (Å²) in [6.07, 6.45) is 3.32. The van der Waals surface area contributed by atoms with E-state index in [4.69, 9.17) is 0 Å². The Morgan fingerprint density at radius 3 is 2.96 bits per heavy atom. The minimum Gasteiger partial charge on any atom is -0.350 e. The van der Waals surface area contributed by atoms with Crippen LogP contribution in [-0.4, -0.2) is 46.4 Å². The van der Waals surface area contributed by atoms with Gasteiger partial charge in [0.05, 0.1) is 10.4 Å². The number of piperidine rings is 1. The molecule has 0 spiro atoms. The van der Waals surface area contributed by atoms with Gasteiger partial charge < -0.3 is 10.2 Å². The maximum atomic E-state index is 12.4. The van der Waals surface area contributed by atoms with Crippen LogP contribution in [0.1, 0.15) is 29.9 Å². The number of nitrogens with one attached hydrogen (secondary N) is 1. The molecule has 0 radical (unpaired) electrons. The first-order valence-electron chi connectivity index (χ1n) is 8.46. The molecule has 1 amide bonds. The van der Waals surface area contributed by atoms with Gasteiger partial charge in [0.15, 0.2) is 4.96 Å². The molecular formula is C17H22N4OS2. The van der Waals surface area contributed by atoms with Crippen LogP contribution in [0.3, 0.4) is 0 Å². The molecular weight excluding hydrogens is 340 g/mol. The number of likely N-dealkylation sites (tertiary alicyclic amines) is 1. The zero-order chi connectivity index (χ0) is 16.7. The van der Waals surface area contributed by atoms with Gasteiger partial charge in [-0.1, -0.05) is 13.8 Å². The standard InChI is InChI=1S/C17H22N4OS2/c1-11-7-12(2)10-20(9-11)4-3-18-15(22)14-8-13-16(24-14)19-17-21(13)5-6-23-17/h5-6,8,11-12H,3-4,7,9-10H2,1-2H3,(H,18,22). The monoisotopic (exact) mass is 362 g/mol. The van der Waals surface area contributed by atoms with Crippen LogP contribution in [0.15, 0.2) is 17.6 Å². The summed E-state index contributed by atoms with van der Waals surface area (Å²) in [5.41, 5.74) is 1.03. The first-order chi connectivity index (χ1) is 11.6. The highest BCUT2D eigenvalue weighted by atomic mass is 32.1. The highest BCUT2D eigenvalue weighted by Crippen LogP contribution is 2.28. The molecule has 1 saturated heterocycles. The van der Waals surface area contributed by atoms with Crippen molar-refractivity contribution < 1.29 is 4.79 Å². The molecule has 4 heterocycles. The van der Waals surface area contributed by atoms with Crippen molar-refractivity contribution in [1.82, 2.24) is 19.6 Å². The Kier molecular flexibility index (Phi) is 4.32. The Balaban J connectivity index is 1.36. The third kappa shape index (κ3) is 3.08. The van der Waals surface area contributed by atoms with Crippen molar-refractivity contribution in [3.05, 3.63) is 22.5 Å². The van der Waals surface area contributed by atoms with Crippen LogP contribution < -0.4 is 5.32 Å². The lowest BCUT2D eigenvalue weighted by molar-refractivity contribution is 0.0940. The van der Waals surface area contributed by atoms with Gasteiger partial charge in [0.1, 0.15) is 4.83 Å². The van der Waals surface area contributed by atoms with Crippen LogP contribution in [-0.2, 0) is 0 Å². The fourth-order valence-electron chi connectivity index (χ4n) is 3.75. The highest BCUT2D eigenvalue weighted by molar-refractivity contribution is 7.21. The summed E-state index contributed by atoms with van der Waals surface area (Å²) in [5.74, 6) is 1.52. The number of hydrogen-bond donors (Lipinski definition) is 1. The molecule has 1 aliphatic heterocycles. The van der Waals surface area contributed by atoms with Crippen LogP contribution in [0.5, 0.6) is 0 Å². The van der Waals surface area contributed by atoms with Gasteiger partial charge in [-0.25, -0.2) is 4.98 Å². The molecule has 24 heavy (non-hydrogen) atoms. The molecule has 0 aliphatic carbocycles. The van der Waals surface area contributed by atoms with E-state index in [2.05, 4.69) is 29.0 Å². The molecule has 1 N–H and O–H groups in total. The first kappa shape index (κ1) is 16.1. The van der Waals surface area contributed by atoms with Gasteiger partial charge in [-0.2, -0.15) is 0 Å². The fraction of sp³-hybridized carbons (Fsp3) is 0.529. The number of rotatable bonds is 4. The molecule has 3 aromatic heterocycles. The summed E-state index contributed by atoms with van der Waals surface area (Å²) in [7, 11) is 0. The lowest BCUT2D eigenvalue weighted by Crippen LogP contribution is -2.42. The molecule has 128 valence electrons. The molecule has 0 bridgehead atoms. The molecule has 0 aromatic carbocycles. The number of carbonyl (C=O) groups is 1. The van der Waals surface area contributed by atoms with Gasteiger partial charge in [0.2, 0.25) is 0 Å². The topological polar surface area (TPSA) is 49.6 Å². The molecule has 2 unspecified atom stereocenters. The maximum absolute atomic E-state index is 12.4. The zero-order valence-corrected chi connectivity index (χ0v) is 15.6. The number of carbonyl (C=O) groups excluding carboxylic acids is 1. The molecule has 0 saturated carbocycles. The van der Waals surface area contributed by atoms with Crippen LogP contribution in [0.4, 0.5) is 0 Å². The molecule has 5 nitrogen and oxygen atoms in total. The third-order valence-electron chi connectivity index (χ3n) is 4.62. The minimum atomic E-state index is 0.0140. The molecule has 1 fully saturated rings. The average Bonchev–Trinajstić information content (AvgIpc) is 3.17. The third-order valence-corrected chi connectivity index (χ3v) is 6.40. The van der Waals surface area contributed by atoms with Crippen molar-refractivity contribution in [2.45, 2.75) is 20.3 Å². The van der Waals surface area contributed by atoms with E-state index in [1.54, 1.807) is 11.3 Å². The Morgan fingerprint density at radius 2 is 2.17 bits per heavy atom. The Morgan fingerprint density at radius 1 is 1.38 bits per heavy atom. The van der Waals surface area contributed by atoms with Gasteiger partial charge in [-0.05, 0) is 24.3 Å². The van der Waals surface area contributed by atoms with Gasteiger partial charge in [0, 0.05) is 37.8 Å². The SMILES string of the molecule is CC1CC(C)CN(CCNC(=O)c2cc3c(nc4sccn43)s2)C1. The number of thiazole rings is 1. The van der Waals surface area contributed by atoms with Gasteiger partial charge >= 0.3 is 0 Å². The van der Waals surface area contributed by atoms with E-state index in [9.17, 15) is 4.79 Å². The van der Waals surface area contributed by atoms with Crippen LogP contribution in [0.2, 0.25) is 0 Å². The normalized spacial score (nSPS) is 22.4. The Bertz CT molecular complexity index is 854. The summed E-state index contributed by atoms with van der Waals surface area (Å²) in [6, 6.07) is 1.95. The summed E-state index contributed by atoms with van der Waals surface area (Å²) < 4.78 is 2.05. The predicted molar refractivity (Wildman–Crippen MR) is 100 cm³/mol. The van der Waals surface area contributed by atoms with Crippen molar-refractivity contribution in [2.24, 2.45) is 11.8 Å². The lowest BCUT2D eigenvalue weighted by atomic mass is 9.92. The summed E-state index contributed by atoms with van der Waals surface area (Å²) in [5, 5.41) is 5.08. The summed E-state index contributed by atoms with van der Waals surface area (Å²) in [6.45, 7) is 8.55. The smallest absolute Gasteiger partial charge is 0.261 e. The molecule has 1 aliphatic rings. The first-order valence-corrected chi connectivity index (χ1v) is 10.2. The van der Waals surface area contributed by atoms with E-state index < -0.39 is 0 Å². The lowest BCUT2D eigenvalue weighted by Gasteiger charge is -2.34. The second kappa shape index (κ2) is 6.46. The van der Waals surface area contributed by atoms with Crippen LogP contribution in [0, 0.1) is 11.8 Å². The number of nitrogens with zero attached hydrogens (tertiary/aromatic N) is 3.